The fourth-order valence-electron chi connectivity index (χ4n) is 9.72. The largest absolute Gasteiger partial charge is 0.492 e. The topological polar surface area (TPSA) is 94.3 Å². The van der Waals surface area contributed by atoms with Gasteiger partial charge >= 0.3 is 0 Å². The minimum atomic E-state index is -0.244. The van der Waals surface area contributed by atoms with E-state index in [1.807, 2.05) is 24.4 Å². The number of piperidine rings is 1. The van der Waals surface area contributed by atoms with Gasteiger partial charge in [0.25, 0.3) is 11.5 Å². The fraction of sp³-hybridized carbons (Fsp3) is 0.400. The molecule has 2 aromatic heterocycles. The van der Waals surface area contributed by atoms with Crippen LogP contribution in [-0.4, -0.2) is 56.4 Å². The van der Waals surface area contributed by atoms with E-state index in [9.17, 15) is 9.59 Å². The molecule has 9 nitrogen and oxygen atoms in total. The quantitative estimate of drug-likeness (QED) is 0.226. The molecule has 3 aromatic carbocycles. The summed E-state index contributed by atoms with van der Waals surface area (Å²) < 4.78 is 10.5. The smallest absolute Gasteiger partial charge is 0.282 e. The predicted molar refractivity (Wildman–Crippen MR) is 193 cm³/mol. The van der Waals surface area contributed by atoms with Gasteiger partial charge in [-0.2, -0.15) is 10.1 Å². The van der Waals surface area contributed by atoms with Gasteiger partial charge in [0.15, 0.2) is 0 Å². The zero-order chi connectivity index (χ0) is 33.6. The van der Waals surface area contributed by atoms with Crippen LogP contribution in [0.5, 0.6) is 5.75 Å². The van der Waals surface area contributed by atoms with E-state index in [-0.39, 0.29) is 22.3 Å². The Morgan fingerprint density at radius 1 is 0.920 bits per heavy atom. The SMILES string of the molecule is O=C1NCc2c1ccc1c2OCC12CCN(CCCn1cc(-c3ccc4c(c3)-n3c(nc(=O)c5c(Cl)cccc53)C43CCCCC3)cn1)CC2. The number of carbonyl (C=O) groups excluding carboxylic acids is 1. The second-order valence-electron chi connectivity index (χ2n) is 15.0. The summed E-state index contributed by atoms with van der Waals surface area (Å²) in [6, 6.07) is 16.6. The van der Waals surface area contributed by atoms with Crippen LogP contribution in [0.2, 0.25) is 5.02 Å². The van der Waals surface area contributed by atoms with E-state index < -0.39 is 0 Å². The number of hydrogen-bond donors (Lipinski definition) is 1. The van der Waals surface area contributed by atoms with Crippen molar-refractivity contribution in [1.29, 1.82) is 0 Å². The molecule has 1 N–H and O–H groups in total. The average Bonchev–Trinajstić information content (AvgIpc) is 3.91. The Morgan fingerprint density at radius 2 is 1.76 bits per heavy atom. The molecule has 1 aliphatic carbocycles. The number of aryl methyl sites for hydroxylation is 1. The van der Waals surface area contributed by atoms with Gasteiger partial charge in [0.1, 0.15) is 11.6 Å². The molecule has 50 heavy (non-hydrogen) atoms. The molecule has 10 heteroatoms. The number of likely N-dealkylation sites (tertiary alicyclic amines) is 1. The number of amides is 1. The molecule has 0 atom stereocenters. The lowest BCUT2D eigenvalue weighted by Crippen LogP contribution is -2.44. The molecule has 6 heterocycles. The van der Waals surface area contributed by atoms with Crippen molar-refractivity contribution in [2.24, 2.45) is 0 Å². The number of hydrogen-bond acceptors (Lipinski definition) is 6. The maximum absolute atomic E-state index is 13.3. The van der Waals surface area contributed by atoms with Crippen molar-refractivity contribution in [2.75, 3.05) is 26.2 Å². The highest BCUT2D eigenvalue weighted by atomic mass is 35.5. The van der Waals surface area contributed by atoms with Crippen LogP contribution in [0, 0.1) is 0 Å². The Labute approximate surface area is 295 Å². The molecular weight excluding hydrogens is 648 g/mol. The third kappa shape index (κ3) is 4.42. The van der Waals surface area contributed by atoms with Crippen molar-refractivity contribution in [3.63, 3.8) is 0 Å². The molecule has 0 bridgehead atoms. The average molecular weight is 687 g/mol. The minimum Gasteiger partial charge on any atom is -0.492 e. The molecule has 1 saturated carbocycles. The van der Waals surface area contributed by atoms with Gasteiger partial charge in [0.2, 0.25) is 0 Å². The summed E-state index contributed by atoms with van der Waals surface area (Å²) in [6.07, 6.45) is 12.7. The number of rotatable bonds is 5. The fourth-order valence-corrected chi connectivity index (χ4v) is 9.97. The second-order valence-corrected chi connectivity index (χ2v) is 15.4. The Hall–Kier alpha value is -4.47. The Balaban J connectivity index is 0.852. The van der Waals surface area contributed by atoms with Crippen LogP contribution in [0.3, 0.4) is 0 Å². The molecular formula is C40H39ClN6O3. The highest BCUT2D eigenvalue weighted by Gasteiger charge is 2.47. The number of aromatic nitrogens is 4. The van der Waals surface area contributed by atoms with Gasteiger partial charge in [0.05, 0.1) is 39.8 Å². The van der Waals surface area contributed by atoms with Gasteiger partial charge in [-0.25, -0.2) is 0 Å². The first kappa shape index (κ1) is 30.4. The highest BCUT2D eigenvalue weighted by Crippen LogP contribution is 2.52. The van der Waals surface area contributed by atoms with Crippen molar-refractivity contribution >= 4 is 28.4 Å². The van der Waals surface area contributed by atoms with Crippen molar-refractivity contribution in [2.45, 2.75) is 75.3 Å². The maximum Gasteiger partial charge on any atom is 0.282 e. The molecule has 10 rings (SSSR count). The standard InChI is InChI=1S/C40H39ClN6O3/c41-31-6-4-7-32-34(31)37(49)44-38-40(12-2-1-3-13-40)29-10-8-25(20-33(29)47(32)38)26-21-43-46(23-26)17-5-16-45-18-14-39(15-19-45)24-50-35-28-22-42-36(48)27(28)9-11-30(35)39/h4,6-11,20-21,23H,1-3,5,12-19,22,24H2,(H,42,48). The first-order valence-electron chi connectivity index (χ1n) is 18.1. The highest BCUT2D eigenvalue weighted by molar-refractivity contribution is 6.35. The number of benzene rings is 3. The summed E-state index contributed by atoms with van der Waals surface area (Å²) in [6.45, 7) is 5.25. The van der Waals surface area contributed by atoms with E-state index in [0.29, 0.717) is 23.6 Å². The first-order chi connectivity index (χ1) is 24.4. The molecule has 2 spiro atoms. The Kier molecular flexibility index (Phi) is 6.84. The van der Waals surface area contributed by atoms with Gasteiger partial charge in [-0.05, 0) is 87.1 Å². The monoisotopic (exact) mass is 686 g/mol. The van der Waals surface area contributed by atoms with Gasteiger partial charge in [-0.3, -0.25) is 18.8 Å². The lowest BCUT2D eigenvalue weighted by molar-refractivity contribution is 0.0965. The number of nitrogens with one attached hydrogen (secondary N) is 1. The predicted octanol–water partition coefficient (Wildman–Crippen LogP) is 6.53. The van der Waals surface area contributed by atoms with Crippen LogP contribution in [0.4, 0.5) is 0 Å². The van der Waals surface area contributed by atoms with Crippen molar-refractivity contribution < 1.29 is 9.53 Å². The summed E-state index contributed by atoms with van der Waals surface area (Å²) >= 11 is 6.57. The molecule has 4 aliphatic heterocycles. The van der Waals surface area contributed by atoms with E-state index >= 15 is 0 Å². The number of nitrogens with zero attached hydrogens (tertiary/aromatic N) is 5. The van der Waals surface area contributed by atoms with Gasteiger partial charge in [-0.1, -0.05) is 55.1 Å². The van der Waals surface area contributed by atoms with Crippen molar-refractivity contribution in [3.05, 3.63) is 104 Å². The lowest BCUT2D eigenvalue weighted by Gasteiger charge is -2.38. The van der Waals surface area contributed by atoms with E-state index in [0.717, 1.165) is 116 Å². The van der Waals surface area contributed by atoms with E-state index in [1.54, 1.807) is 6.07 Å². The normalized spacial score (nSPS) is 19.7. The second kappa shape index (κ2) is 11.3. The van der Waals surface area contributed by atoms with Crippen LogP contribution in [0.1, 0.15) is 84.2 Å². The van der Waals surface area contributed by atoms with Gasteiger partial charge < -0.3 is 15.0 Å². The van der Waals surface area contributed by atoms with E-state index in [4.69, 9.17) is 26.4 Å². The summed E-state index contributed by atoms with van der Waals surface area (Å²) in [4.78, 5) is 32.8. The van der Waals surface area contributed by atoms with Crippen LogP contribution in [0.15, 0.2) is 65.7 Å². The molecule has 0 radical (unpaired) electrons. The van der Waals surface area contributed by atoms with Crippen LogP contribution >= 0.6 is 11.6 Å². The maximum atomic E-state index is 13.3. The molecule has 1 saturated heterocycles. The van der Waals surface area contributed by atoms with Gasteiger partial charge in [0, 0.05) is 47.0 Å². The van der Waals surface area contributed by atoms with Crippen molar-refractivity contribution in [3.8, 4) is 22.6 Å². The molecule has 5 aromatic rings. The Bertz CT molecular complexity index is 2280. The summed E-state index contributed by atoms with van der Waals surface area (Å²) in [5.41, 5.74) is 8.05. The van der Waals surface area contributed by atoms with Crippen LogP contribution in [-0.2, 0) is 23.9 Å². The number of carbonyl (C=O) groups is 1. The van der Waals surface area contributed by atoms with E-state index in [1.165, 1.54) is 17.5 Å². The van der Waals surface area contributed by atoms with E-state index in [2.05, 4.69) is 49.9 Å². The summed E-state index contributed by atoms with van der Waals surface area (Å²) in [7, 11) is 0. The molecule has 5 aliphatic rings. The lowest BCUT2D eigenvalue weighted by atomic mass is 9.69. The zero-order valence-electron chi connectivity index (χ0n) is 28.0. The number of fused-ring (bicyclic) bond motifs is 11. The summed E-state index contributed by atoms with van der Waals surface area (Å²) in [5.74, 6) is 1.83. The number of halogens is 1. The zero-order valence-corrected chi connectivity index (χ0v) is 28.8. The third-order valence-electron chi connectivity index (χ3n) is 12.4. The molecule has 2 fully saturated rings. The van der Waals surface area contributed by atoms with Crippen molar-refractivity contribution in [1.82, 2.24) is 29.5 Å². The molecule has 0 unspecified atom stereocenters. The molecule has 1 amide bonds. The molecule has 254 valence electrons. The van der Waals surface area contributed by atoms with Gasteiger partial charge in [-0.15, -0.1) is 0 Å². The minimum absolute atomic E-state index is 0.00740. The first-order valence-corrected chi connectivity index (χ1v) is 18.5. The van der Waals surface area contributed by atoms with Crippen LogP contribution < -0.4 is 15.6 Å². The third-order valence-corrected chi connectivity index (χ3v) is 12.7. The number of ether oxygens (including phenoxy) is 1. The summed E-state index contributed by atoms with van der Waals surface area (Å²) in [5, 5.41) is 8.63. The van der Waals surface area contributed by atoms with Crippen LogP contribution in [0.25, 0.3) is 27.7 Å². The Morgan fingerprint density at radius 3 is 2.62 bits per heavy atom.